The van der Waals surface area contributed by atoms with Gasteiger partial charge in [-0.3, -0.25) is 10.1 Å². The van der Waals surface area contributed by atoms with Crippen LogP contribution in [-0.2, 0) is 9.84 Å². The molecule has 1 aromatic rings. The van der Waals surface area contributed by atoms with Crippen LogP contribution in [0.3, 0.4) is 0 Å². The lowest BCUT2D eigenvalue weighted by molar-refractivity contribution is -0.385. The van der Waals surface area contributed by atoms with Crippen LogP contribution < -0.4 is 4.74 Å². The van der Waals surface area contributed by atoms with Crippen molar-refractivity contribution in [2.75, 3.05) is 11.5 Å². The number of sulfone groups is 1. The fourth-order valence-corrected chi connectivity index (χ4v) is 3.82. The molecule has 3 atom stereocenters. The molecular weight excluding hydrogens is 302 g/mol. The molecule has 0 bridgehead atoms. The highest BCUT2D eigenvalue weighted by Crippen LogP contribution is 2.31. The van der Waals surface area contributed by atoms with Gasteiger partial charge in [-0.05, 0) is 13.0 Å². The molecular formula is C12H15NO7S. The molecule has 0 saturated carbocycles. The van der Waals surface area contributed by atoms with Crippen LogP contribution in [0.5, 0.6) is 5.75 Å². The molecule has 1 aromatic carbocycles. The van der Waals surface area contributed by atoms with Crippen LogP contribution in [0.15, 0.2) is 18.2 Å². The Morgan fingerprint density at radius 1 is 1.43 bits per heavy atom. The molecule has 116 valence electrons. The zero-order valence-corrected chi connectivity index (χ0v) is 12.0. The summed E-state index contributed by atoms with van der Waals surface area (Å²) in [6.45, 7) is 1.41. The van der Waals surface area contributed by atoms with Crippen LogP contribution in [0.2, 0.25) is 0 Å². The van der Waals surface area contributed by atoms with Gasteiger partial charge in [0.05, 0.1) is 22.5 Å². The molecule has 9 heteroatoms. The number of aliphatic hydroxyl groups is 2. The van der Waals surface area contributed by atoms with Gasteiger partial charge in [0.2, 0.25) is 0 Å². The summed E-state index contributed by atoms with van der Waals surface area (Å²) < 4.78 is 28.3. The van der Waals surface area contributed by atoms with Crippen LogP contribution in [-0.4, -0.2) is 47.3 Å². The molecule has 2 unspecified atom stereocenters. The van der Waals surface area contributed by atoms with E-state index in [2.05, 4.69) is 0 Å². The third-order valence-electron chi connectivity index (χ3n) is 3.20. The van der Waals surface area contributed by atoms with Gasteiger partial charge in [0.15, 0.2) is 9.84 Å². The fraction of sp³-hybridized carbons (Fsp3) is 0.500. The zero-order chi connectivity index (χ0) is 15.8. The van der Waals surface area contributed by atoms with E-state index in [0.717, 1.165) is 6.07 Å². The fourth-order valence-electron chi connectivity index (χ4n) is 2.16. The SMILES string of the molecule is C[C@@H](O)c1cc([N+](=O)[O-])ccc1OC1CS(=O)(=O)CC1O. The van der Waals surface area contributed by atoms with Crippen LogP contribution in [0, 0.1) is 10.1 Å². The molecule has 2 N–H and O–H groups in total. The topological polar surface area (TPSA) is 127 Å². The van der Waals surface area contributed by atoms with E-state index in [1.807, 2.05) is 0 Å². The second kappa shape index (κ2) is 5.58. The van der Waals surface area contributed by atoms with Crippen molar-refractivity contribution >= 4 is 15.5 Å². The van der Waals surface area contributed by atoms with Gasteiger partial charge < -0.3 is 14.9 Å². The first kappa shape index (κ1) is 15.7. The normalized spacial score (nSPS) is 25.5. The van der Waals surface area contributed by atoms with Crippen LogP contribution in [0.1, 0.15) is 18.6 Å². The molecule has 0 aliphatic carbocycles. The predicted molar refractivity (Wildman–Crippen MR) is 72.8 cm³/mol. The first-order valence-electron chi connectivity index (χ1n) is 6.21. The Kier molecular flexibility index (Phi) is 4.17. The van der Waals surface area contributed by atoms with Gasteiger partial charge in [-0.25, -0.2) is 8.42 Å². The van der Waals surface area contributed by atoms with E-state index < -0.39 is 33.1 Å². The number of ether oxygens (including phenoxy) is 1. The highest BCUT2D eigenvalue weighted by Gasteiger charge is 2.38. The Balaban J connectivity index is 2.30. The highest BCUT2D eigenvalue weighted by atomic mass is 32.2. The Morgan fingerprint density at radius 3 is 2.57 bits per heavy atom. The second-order valence-corrected chi connectivity index (χ2v) is 7.11. The third kappa shape index (κ3) is 3.49. The van der Waals surface area contributed by atoms with Gasteiger partial charge in [0, 0.05) is 17.7 Å². The number of hydrogen-bond acceptors (Lipinski definition) is 7. The van der Waals surface area contributed by atoms with Gasteiger partial charge in [0.25, 0.3) is 5.69 Å². The first-order valence-corrected chi connectivity index (χ1v) is 8.03. The average molecular weight is 317 g/mol. The largest absolute Gasteiger partial charge is 0.486 e. The molecule has 0 spiro atoms. The molecule has 2 rings (SSSR count). The Labute approximate surface area is 121 Å². The van der Waals surface area contributed by atoms with Crippen molar-refractivity contribution in [1.29, 1.82) is 0 Å². The summed E-state index contributed by atoms with van der Waals surface area (Å²) in [7, 11) is -3.37. The van der Waals surface area contributed by atoms with Crippen molar-refractivity contribution < 1.29 is 28.3 Å². The van der Waals surface area contributed by atoms with Crippen molar-refractivity contribution in [3.63, 3.8) is 0 Å². The van der Waals surface area contributed by atoms with E-state index in [0.29, 0.717) is 0 Å². The number of aliphatic hydroxyl groups excluding tert-OH is 2. The minimum Gasteiger partial charge on any atom is -0.486 e. The molecule has 1 saturated heterocycles. The summed E-state index contributed by atoms with van der Waals surface area (Å²) in [5.41, 5.74) is -0.0430. The van der Waals surface area contributed by atoms with Crippen molar-refractivity contribution in [2.24, 2.45) is 0 Å². The van der Waals surface area contributed by atoms with Crippen molar-refractivity contribution in [2.45, 2.75) is 25.2 Å². The van der Waals surface area contributed by atoms with Gasteiger partial charge in [-0.2, -0.15) is 0 Å². The minimum absolute atomic E-state index is 0.122. The smallest absolute Gasteiger partial charge is 0.270 e. The summed E-state index contributed by atoms with van der Waals surface area (Å²) in [6.07, 6.45) is -3.14. The standard InChI is InChI=1S/C12H15NO7S/c1-7(14)9-4-8(13(16)17)2-3-11(9)20-12-6-21(18,19)5-10(12)15/h2-4,7,10,12,14-15H,5-6H2,1H3/t7-,10?,12?/m1/s1. The summed E-state index contributed by atoms with van der Waals surface area (Å²) in [5, 5.41) is 30.1. The summed E-state index contributed by atoms with van der Waals surface area (Å²) >= 11 is 0. The molecule has 0 amide bonds. The van der Waals surface area contributed by atoms with Crippen LogP contribution >= 0.6 is 0 Å². The number of nitro groups is 1. The van der Waals surface area contributed by atoms with E-state index in [1.54, 1.807) is 0 Å². The quantitative estimate of drug-likeness (QED) is 0.599. The van der Waals surface area contributed by atoms with Crippen molar-refractivity contribution in [3.05, 3.63) is 33.9 Å². The number of rotatable bonds is 4. The van der Waals surface area contributed by atoms with E-state index in [9.17, 15) is 28.7 Å². The Morgan fingerprint density at radius 2 is 2.10 bits per heavy atom. The maximum atomic E-state index is 11.4. The lowest BCUT2D eigenvalue weighted by Crippen LogP contribution is -2.30. The average Bonchev–Trinajstić information content (AvgIpc) is 2.62. The lowest BCUT2D eigenvalue weighted by atomic mass is 10.1. The van der Waals surface area contributed by atoms with E-state index in [-0.39, 0.29) is 28.5 Å². The van der Waals surface area contributed by atoms with Crippen molar-refractivity contribution in [3.8, 4) is 5.75 Å². The molecule has 8 nitrogen and oxygen atoms in total. The van der Waals surface area contributed by atoms with E-state index in [1.165, 1.54) is 19.1 Å². The Hall–Kier alpha value is -1.71. The summed E-state index contributed by atoms with van der Waals surface area (Å²) in [5.74, 6) is -0.587. The van der Waals surface area contributed by atoms with Crippen LogP contribution in [0.4, 0.5) is 5.69 Å². The van der Waals surface area contributed by atoms with Crippen molar-refractivity contribution in [1.82, 2.24) is 0 Å². The Bertz CT molecular complexity index is 656. The molecule has 1 fully saturated rings. The first-order chi connectivity index (χ1) is 9.69. The van der Waals surface area contributed by atoms with Gasteiger partial charge >= 0.3 is 0 Å². The highest BCUT2D eigenvalue weighted by molar-refractivity contribution is 7.91. The number of nitrogens with zero attached hydrogens (tertiary/aromatic N) is 1. The third-order valence-corrected chi connectivity index (χ3v) is 4.89. The maximum Gasteiger partial charge on any atom is 0.270 e. The van der Waals surface area contributed by atoms with Gasteiger partial charge in [-0.15, -0.1) is 0 Å². The molecule has 0 aromatic heterocycles. The molecule has 21 heavy (non-hydrogen) atoms. The second-order valence-electron chi connectivity index (χ2n) is 4.96. The molecule has 1 aliphatic heterocycles. The zero-order valence-electron chi connectivity index (χ0n) is 11.2. The number of nitro benzene ring substituents is 1. The molecule has 1 aliphatic rings. The van der Waals surface area contributed by atoms with E-state index >= 15 is 0 Å². The number of benzene rings is 1. The molecule has 1 heterocycles. The van der Waals surface area contributed by atoms with Gasteiger partial charge in [0.1, 0.15) is 18.0 Å². The van der Waals surface area contributed by atoms with Crippen LogP contribution in [0.25, 0.3) is 0 Å². The lowest BCUT2D eigenvalue weighted by Gasteiger charge is -2.19. The monoisotopic (exact) mass is 317 g/mol. The molecule has 0 radical (unpaired) electrons. The predicted octanol–water partition coefficient (Wildman–Crippen LogP) is 0.185. The minimum atomic E-state index is -3.37. The number of non-ortho nitro benzene ring substituents is 1. The van der Waals surface area contributed by atoms with E-state index in [4.69, 9.17) is 4.74 Å². The summed E-state index contributed by atoms with van der Waals surface area (Å²) in [4.78, 5) is 10.1. The maximum absolute atomic E-state index is 11.4. The number of hydrogen-bond donors (Lipinski definition) is 2. The summed E-state index contributed by atoms with van der Waals surface area (Å²) in [6, 6.07) is 3.64. The van der Waals surface area contributed by atoms with Gasteiger partial charge in [-0.1, -0.05) is 0 Å².